The van der Waals surface area contributed by atoms with E-state index in [1.807, 2.05) is 0 Å². The van der Waals surface area contributed by atoms with Crippen molar-refractivity contribution in [3.63, 3.8) is 0 Å². The summed E-state index contributed by atoms with van der Waals surface area (Å²) in [7, 11) is 0. The number of carbonyl (C=O) groups is 2. The molecule has 8 heteroatoms. The number of nitrogens with one attached hydrogen (secondary N) is 1. The van der Waals surface area contributed by atoms with Gasteiger partial charge in [0.1, 0.15) is 5.82 Å². The van der Waals surface area contributed by atoms with Gasteiger partial charge in [-0.25, -0.2) is 4.39 Å². The summed E-state index contributed by atoms with van der Waals surface area (Å²) in [6, 6.07) is 12.0. The molecule has 26 heavy (non-hydrogen) atoms. The first-order valence-electron chi connectivity index (χ1n) is 7.79. The molecule has 0 spiro atoms. The predicted molar refractivity (Wildman–Crippen MR) is 91.6 cm³/mol. The molecule has 1 heterocycles. The summed E-state index contributed by atoms with van der Waals surface area (Å²) in [4.78, 5) is 27.2. The monoisotopic (exact) mass is 354 g/mol. The van der Waals surface area contributed by atoms with Crippen LogP contribution >= 0.6 is 0 Å². The van der Waals surface area contributed by atoms with Crippen LogP contribution in [0.15, 0.2) is 53.1 Å². The van der Waals surface area contributed by atoms with Crippen LogP contribution in [0.1, 0.15) is 22.7 Å². The number of hydrogen-bond donors (Lipinski definition) is 2. The van der Waals surface area contributed by atoms with Crippen LogP contribution in [-0.2, 0) is 11.2 Å². The molecule has 0 radical (unpaired) electrons. The maximum absolute atomic E-state index is 12.9. The lowest BCUT2D eigenvalue weighted by Gasteiger charge is -2.04. The first-order valence-corrected chi connectivity index (χ1v) is 7.79. The third kappa shape index (κ3) is 4.29. The van der Waals surface area contributed by atoms with Crippen molar-refractivity contribution in [1.29, 1.82) is 0 Å². The molecule has 2 amide bonds. The van der Waals surface area contributed by atoms with E-state index in [2.05, 4.69) is 15.5 Å². The summed E-state index contributed by atoms with van der Waals surface area (Å²) in [5.74, 6) is -0.474. The van der Waals surface area contributed by atoms with Gasteiger partial charge in [-0.05, 0) is 48.5 Å². The Morgan fingerprint density at radius 1 is 1.08 bits per heavy atom. The zero-order chi connectivity index (χ0) is 18.5. The number of aromatic nitrogens is 2. The lowest BCUT2D eigenvalue weighted by molar-refractivity contribution is -0.116. The fourth-order valence-corrected chi connectivity index (χ4v) is 2.23. The van der Waals surface area contributed by atoms with Crippen molar-refractivity contribution in [3.05, 3.63) is 65.8 Å². The number of anilines is 1. The van der Waals surface area contributed by atoms with Crippen molar-refractivity contribution >= 4 is 17.5 Å². The maximum atomic E-state index is 12.9. The number of halogens is 1. The molecule has 0 aliphatic carbocycles. The standard InChI is InChI=1S/C18H15FN4O3/c19-13-5-1-12(2-6-13)18-22-16(26-23-18)10-9-15(24)21-14-7-3-11(4-8-14)17(20)25/h1-8H,9-10H2,(H2,20,25)(H,21,24). The van der Waals surface area contributed by atoms with Crippen LogP contribution in [-0.4, -0.2) is 22.0 Å². The number of benzene rings is 2. The average molecular weight is 354 g/mol. The largest absolute Gasteiger partial charge is 0.366 e. The van der Waals surface area contributed by atoms with Crippen molar-refractivity contribution in [2.24, 2.45) is 5.73 Å². The fourth-order valence-electron chi connectivity index (χ4n) is 2.23. The number of carbonyl (C=O) groups excluding carboxylic acids is 2. The molecule has 0 unspecified atom stereocenters. The smallest absolute Gasteiger partial charge is 0.248 e. The molecule has 3 rings (SSSR count). The summed E-state index contributed by atoms with van der Waals surface area (Å²) >= 11 is 0. The number of rotatable bonds is 6. The highest BCUT2D eigenvalue weighted by Crippen LogP contribution is 2.17. The van der Waals surface area contributed by atoms with Crippen LogP contribution in [0.25, 0.3) is 11.4 Å². The van der Waals surface area contributed by atoms with E-state index < -0.39 is 5.91 Å². The Morgan fingerprint density at radius 2 is 1.77 bits per heavy atom. The Morgan fingerprint density at radius 3 is 2.42 bits per heavy atom. The fraction of sp³-hybridized carbons (Fsp3) is 0.111. The van der Waals surface area contributed by atoms with Gasteiger partial charge in [0.25, 0.3) is 0 Å². The number of hydrogen-bond acceptors (Lipinski definition) is 5. The van der Waals surface area contributed by atoms with E-state index in [4.69, 9.17) is 10.3 Å². The molecule has 0 fully saturated rings. The third-order valence-electron chi connectivity index (χ3n) is 3.59. The second-order valence-electron chi connectivity index (χ2n) is 5.51. The minimum Gasteiger partial charge on any atom is -0.366 e. The zero-order valence-electron chi connectivity index (χ0n) is 13.6. The molecular formula is C18H15FN4O3. The molecule has 0 aliphatic rings. The number of nitrogens with two attached hydrogens (primary N) is 1. The molecule has 0 saturated heterocycles. The van der Waals surface area contributed by atoms with Gasteiger partial charge in [-0.2, -0.15) is 4.98 Å². The van der Waals surface area contributed by atoms with Crippen LogP contribution in [0.5, 0.6) is 0 Å². The van der Waals surface area contributed by atoms with E-state index in [9.17, 15) is 14.0 Å². The number of aryl methyl sites for hydroxylation is 1. The van der Waals surface area contributed by atoms with Gasteiger partial charge in [0.15, 0.2) is 0 Å². The molecule has 0 atom stereocenters. The van der Waals surface area contributed by atoms with Gasteiger partial charge in [0.2, 0.25) is 23.5 Å². The summed E-state index contributed by atoms with van der Waals surface area (Å²) < 4.78 is 18.0. The van der Waals surface area contributed by atoms with Crippen LogP contribution in [0.3, 0.4) is 0 Å². The van der Waals surface area contributed by atoms with E-state index >= 15 is 0 Å². The van der Waals surface area contributed by atoms with Gasteiger partial charge in [-0.3, -0.25) is 9.59 Å². The van der Waals surface area contributed by atoms with Crippen LogP contribution < -0.4 is 11.1 Å². The van der Waals surface area contributed by atoms with Crippen LogP contribution in [0, 0.1) is 5.82 Å². The number of amides is 2. The van der Waals surface area contributed by atoms with Crippen molar-refractivity contribution < 1.29 is 18.5 Å². The normalized spacial score (nSPS) is 10.5. The van der Waals surface area contributed by atoms with Crippen molar-refractivity contribution in [2.45, 2.75) is 12.8 Å². The van der Waals surface area contributed by atoms with Gasteiger partial charge in [0.05, 0.1) is 0 Å². The first kappa shape index (κ1) is 17.3. The highest BCUT2D eigenvalue weighted by molar-refractivity contribution is 5.94. The maximum Gasteiger partial charge on any atom is 0.248 e. The Bertz CT molecular complexity index is 920. The predicted octanol–water partition coefficient (Wildman–Crippen LogP) is 2.55. The highest BCUT2D eigenvalue weighted by Gasteiger charge is 2.11. The van der Waals surface area contributed by atoms with Gasteiger partial charge >= 0.3 is 0 Å². The van der Waals surface area contributed by atoms with Gasteiger partial charge in [0, 0.05) is 29.7 Å². The second-order valence-corrected chi connectivity index (χ2v) is 5.51. The van der Waals surface area contributed by atoms with Crippen molar-refractivity contribution in [2.75, 3.05) is 5.32 Å². The molecule has 1 aromatic heterocycles. The summed E-state index contributed by atoms with van der Waals surface area (Å²) in [5, 5.41) is 6.52. The van der Waals surface area contributed by atoms with Gasteiger partial charge < -0.3 is 15.6 Å². The Labute approximate surface area is 148 Å². The van der Waals surface area contributed by atoms with Crippen LogP contribution in [0.4, 0.5) is 10.1 Å². The quantitative estimate of drug-likeness (QED) is 0.707. The molecule has 132 valence electrons. The first-order chi connectivity index (χ1) is 12.5. The molecule has 0 aliphatic heterocycles. The topological polar surface area (TPSA) is 111 Å². The van der Waals surface area contributed by atoms with E-state index in [0.717, 1.165) is 0 Å². The van der Waals surface area contributed by atoms with E-state index in [1.54, 1.807) is 24.3 Å². The summed E-state index contributed by atoms with van der Waals surface area (Å²) in [5.41, 5.74) is 6.70. The molecule has 2 aromatic carbocycles. The molecule has 3 N–H and O–H groups in total. The van der Waals surface area contributed by atoms with E-state index in [0.29, 0.717) is 28.5 Å². The second kappa shape index (κ2) is 7.56. The molecule has 3 aromatic rings. The molecule has 7 nitrogen and oxygen atoms in total. The lowest BCUT2D eigenvalue weighted by atomic mass is 10.2. The number of primary amides is 1. The van der Waals surface area contributed by atoms with Gasteiger partial charge in [-0.15, -0.1) is 0 Å². The SMILES string of the molecule is NC(=O)c1ccc(NC(=O)CCc2nc(-c3ccc(F)cc3)no2)cc1. The van der Waals surface area contributed by atoms with E-state index in [1.165, 1.54) is 24.3 Å². The highest BCUT2D eigenvalue weighted by atomic mass is 19.1. The summed E-state index contributed by atoms with van der Waals surface area (Å²) in [6.45, 7) is 0. The van der Waals surface area contributed by atoms with Crippen LogP contribution in [0.2, 0.25) is 0 Å². The minimum absolute atomic E-state index is 0.141. The zero-order valence-corrected chi connectivity index (χ0v) is 13.6. The Kier molecular flexibility index (Phi) is 5.02. The molecular weight excluding hydrogens is 339 g/mol. The average Bonchev–Trinajstić information content (AvgIpc) is 3.10. The van der Waals surface area contributed by atoms with Gasteiger partial charge in [-0.1, -0.05) is 5.16 Å². The van der Waals surface area contributed by atoms with Crippen molar-refractivity contribution in [1.82, 2.24) is 10.1 Å². The molecule has 0 bridgehead atoms. The Hall–Kier alpha value is -3.55. The van der Waals surface area contributed by atoms with Crippen molar-refractivity contribution in [3.8, 4) is 11.4 Å². The Balaban J connectivity index is 1.54. The minimum atomic E-state index is -0.531. The third-order valence-corrected chi connectivity index (χ3v) is 3.59. The number of nitrogens with zero attached hydrogens (tertiary/aromatic N) is 2. The lowest BCUT2D eigenvalue weighted by Crippen LogP contribution is -2.13. The summed E-state index contributed by atoms with van der Waals surface area (Å²) in [6.07, 6.45) is 0.405. The van der Waals surface area contributed by atoms with E-state index in [-0.39, 0.29) is 24.6 Å². The molecule has 0 saturated carbocycles.